The normalized spacial score (nSPS) is 11.9. The summed E-state index contributed by atoms with van der Waals surface area (Å²) in [6.07, 6.45) is 1.59. The van der Waals surface area contributed by atoms with Gasteiger partial charge in [0, 0.05) is 35.6 Å². The van der Waals surface area contributed by atoms with Crippen LogP contribution in [0.25, 0.3) is 36.5 Å². The minimum atomic E-state index is -3.03. The van der Waals surface area contributed by atoms with E-state index in [1.807, 2.05) is 17.5 Å². The Bertz CT molecular complexity index is 1800. The van der Waals surface area contributed by atoms with Gasteiger partial charge in [0.25, 0.3) is 5.92 Å². The van der Waals surface area contributed by atoms with Gasteiger partial charge in [-0.05, 0) is 6.92 Å². The summed E-state index contributed by atoms with van der Waals surface area (Å²) in [7, 11) is 1.57. The highest BCUT2D eigenvalue weighted by atomic mass is 32.1. The van der Waals surface area contributed by atoms with E-state index >= 15 is 0 Å². The summed E-state index contributed by atoms with van der Waals surface area (Å²) in [6, 6.07) is 11.0. The van der Waals surface area contributed by atoms with E-state index < -0.39 is 5.92 Å². The molecule has 0 aliphatic carbocycles. The van der Waals surface area contributed by atoms with Gasteiger partial charge >= 0.3 is 0 Å². The topological polar surface area (TPSA) is 91.5 Å². The highest BCUT2D eigenvalue weighted by Gasteiger charge is 2.30. The largest absolute Gasteiger partial charge is 0.497 e. The molecule has 0 saturated carbocycles. The van der Waals surface area contributed by atoms with Gasteiger partial charge in [0.1, 0.15) is 33.8 Å². The summed E-state index contributed by atoms with van der Waals surface area (Å²) in [5.41, 5.74) is 3.54. The lowest BCUT2D eigenvalue weighted by atomic mass is 10.1. The third-order valence-corrected chi connectivity index (χ3v) is 8.91. The highest BCUT2D eigenvalue weighted by molar-refractivity contribution is 7.22. The molecule has 39 heavy (non-hydrogen) atoms. The molecule has 8 nitrogen and oxygen atoms in total. The molecule has 0 fully saturated rings. The first-order valence-corrected chi connectivity index (χ1v) is 14.1. The number of benzene rings is 2. The molecule has 6 rings (SSSR count). The maximum atomic E-state index is 13.6. The second kappa shape index (κ2) is 9.74. The number of nitrogens with zero attached hydrogens (tertiary/aromatic N) is 5. The number of fused-ring (bicyclic) bond motifs is 2. The summed E-state index contributed by atoms with van der Waals surface area (Å²) in [5.74, 6) is -1.84. The number of hydrogen-bond acceptors (Lipinski definition) is 10. The molecule has 0 spiro atoms. The van der Waals surface area contributed by atoms with Gasteiger partial charge in [0.2, 0.25) is 4.96 Å². The molecule has 6 aromatic rings. The predicted octanol–water partition coefficient (Wildman–Crippen LogP) is 7.09. The average Bonchev–Trinajstić information content (AvgIpc) is 3.69. The van der Waals surface area contributed by atoms with Crippen LogP contribution in [0.1, 0.15) is 34.9 Å². The van der Waals surface area contributed by atoms with Crippen LogP contribution in [0, 0.1) is 0 Å². The molecule has 13 heteroatoms. The number of halogens is 2. The standard InChI is InChI=1S/C26H19F2N5O3S3/c1-13(34)14-4-6-15(7-5-14)22-29-16(12-37-22)11-36-20-9-17(35-3)8-18-21(20)38-23(30-18)19-10-33-25(31-19)39-24(32-33)26(2,27)28/h4-10,12H,11H2,1-3H3. The monoisotopic (exact) mass is 583 g/mol. The molecule has 0 amide bonds. The van der Waals surface area contributed by atoms with Crippen molar-refractivity contribution in [2.24, 2.45) is 0 Å². The lowest BCUT2D eigenvalue weighted by Crippen LogP contribution is -2.06. The summed E-state index contributed by atoms with van der Waals surface area (Å²) in [5, 5.41) is 7.04. The highest BCUT2D eigenvalue weighted by Crippen LogP contribution is 2.40. The van der Waals surface area contributed by atoms with Crippen LogP contribution in [-0.4, -0.2) is 37.5 Å². The Morgan fingerprint density at radius 2 is 1.87 bits per heavy atom. The van der Waals surface area contributed by atoms with E-state index in [0.717, 1.165) is 39.2 Å². The number of carbonyl (C=O) groups excluding carboxylic acids is 1. The molecule has 0 atom stereocenters. The molecule has 198 valence electrons. The predicted molar refractivity (Wildman–Crippen MR) is 147 cm³/mol. The molecule has 0 saturated heterocycles. The summed E-state index contributed by atoms with van der Waals surface area (Å²) in [4.78, 5) is 25.7. The first kappa shape index (κ1) is 25.5. The number of Topliss-reactive ketones (excluding diaryl/α,β-unsaturated/α-hetero) is 1. The van der Waals surface area contributed by atoms with Gasteiger partial charge < -0.3 is 9.47 Å². The minimum Gasteiger partial charge on any atom is -0.497 e. The average molecular weight is 584 g/mol. The van der Waals surface area contributed by atoms with E-state index in [-0.39, 0.29) is 17.4 Å². The zero-order valence-electron chi connectivity index (χ0n) is 20.8. The van der Waals surface area contributed by atoms with Gasteiger partial charge in [-0.25, -0.2) is 19.5 Å². The van der Waals surface area contributed by atoms with E-state index in [1.165, 1.54) is 34.1 Å². The summed E-state index contributed by atoms with van der Waals surface area (Å²) < 4.78 is 41.0. The van der Waals surface area contributed by atoms with Gasteiger partial charge in [-0.2, -0.15) is 13.9 Å². The van der Waals surface area contributed by atoms with Crippen molar-refractivity contribution in [1.82, 2.24) is 24.6 Å². The molecule has 2 aromatic carbocycles. The number of thiazole rings is 2. The summed E-state index contributed by atoms with van der Waals surface area (Å²) in [6.45, 7) is 2.58. The SMILES string of the molecule is COc1cc(OCc2csc(-c3ccc(C(C)=O)cc3)n2)c2sc(-c3cn4nc(C(C)(F)F)sc4n3)nc2c1. The summed E-state index contributed by atoms with van der Waals surface area (Å²) >= 11 is 3.72. The third-order valence-electron chi connectivity index (χ3n) is 5.77. The number of methoxy groups -OCH3 is 1. The van der Waals surface area contributed by atoms with Gasteiger partial charge in [-0.1, -0.05) is 35.6 Å². The molecule has 0 N–H and O–H groups in total. The maximum absolute atomic E-state index is 13.6. The first-order chi connectivity index (χ1) is 18.7. The van der Waals surface area contributed by atoms with E-state index in [9.17, 15) is 13.6 Å². The fourth-order valence-electron chi connectivity index (χ4n) is 3.80. The Labute approximate surface area is 232 Å². The number of ether oxygens (including phenoxy) is 2. The Balaban J connectivity index is 1.26. The molecular formula is C26H19F2N5O3S3. The Hall–Kier alpha value is -3.81. The number of aromatic nitrogens is 5. The quantitative estimate of drug-likeness (QED) is 0.177. The fraction of sp³-hybridized carbons (Fsp3) is 0.192. The number of carbonyl (C=O) groups is 1. The molecule has 4 aromatic heterocycles. The van der Waals surface area contributed by atoms with E-state index in [0.29, 0.717) is 38.2 Å². The molecule has 4 heterocycles. The van der Waals surface area contributed by atoms with Crippen molar-refractivity contribution in [2.45, 2.75) is 26.4 Å². The second-order valence-electron chi connectivity index (χ2n) is 8.71. The molecular weight excluding hydrogens is 565 g/mol. The van der Waals surface area contributed by atoms with Crippen molar-refractivity contribution in [3.8, 4) is 32.8 Å². The zero-order valence-corrected chi connectivity index (χ0v) is 23.2. The Morgan fingerprint density at radius 3 is 2.56 bits per heavy atom. The maximum Gasteiger partial charge on any atom is 0.298 e. The smallest absolute Gasteiger partial charge is 0.298 e. The van der Waals surface area contributed by atoms with E-state index in [2.05, 4.69) is 15.1 Å². The lowest BCUT2D eigenvalue weighted by molar-refractivity contribution is 0.0163. The van der Waals surface area contributed by atoms with Crippen LogP contribution in [0.3, 0.4) is 0 Å². The lowest BCUT2D eigenvalue weighted by Gasteiger charge is -2.07. The number of rotatable bonds is 8. The van der Waals surface area contributed by atoms with Crippen LogP contribution in [0.2, 0.25) is 0 Å². The number of imidazole rings is 1. The fourth-order valence-corrected chi connectivity index (χ4v) is 6.39. The van der Waals surface area contributed by atoms with Crippen molar-refractivity contribution in [3.05, 3.63) is 64.2 Å². The van der Waals surface area contributed by atoms with E-state index in [1.54, 1.807) is 37.6 Å². The molecule has 0 aliphatic heterocycles. The zero-order chi connectivity index (χ0) is 27.3. The molecule has 0 unspecified atom stereocenters. The van der Waals surface area contributed by atoms with Crippen LogP contribution < -0.4 is 9.47 Å². The van der Waals surface area contributed by atoms with Crippen LogP contribution in [0.5, 0.6) is 11.5 Å². The van der Waals surface area contributed by atoms with Crippen LogP contribution >= 0.6 is 34.0 Å². The van der Waals surface area contributed by atoms with Gasteiger partial charge in [0.15, 0.2) is 10.8 Å². The Kier molecular flexibility index (Phi) is 6.36. The first-order valence-electron chi connectivity index (χ1n) is 11.6. The number of alkyl halides is 2. The third kappa shape index (κ3) is 5.00. The van der Waals surface area contributed by atoms with Crippen LogP contribution in [0.4, 0.5) is 8.78 Å². The molecule has 0 aliphatic rings. The molecule has 0 bridgehead atoms. The van der Waals surface area contributed by atoms with Gasteiger partial charge in [0.05, 0.1) is 29.2 Å². The van der Waals surface area contributed by atoms with Gasteiger partial charge in [-0.3, -0.25) is 4.79 Å². The van der Waals surface area contributed by atoms with E-state index in [4.69, 9.17) is 14.5 Å². The second-order valence-corrected chi connectivity index (χ2v) is 11.5. The van der Waals surface area contributed by atoms with Crippen molar-refractivity contribution < 1.29 is 23.0 Å². The van der Waals surface area contributed by atoms with Crippen molar-refractivity contribution in [1.29, 1.82) is 0 Å². The van der Waals surface area contributed by atoms with Crippen molar-refractivity contribution in [2.75, 3.05) is 7.11 Å². The number of ketones is 1. The van der Waals surface area contributed by atoms with Gasteiger partial charge in [-0.15, -0.1) is 22.7 Å². The van der Waals surface area contributed by atoms with Crippen LogP contribution in [0.15, 0.2) is 48.0 Å². The Morgan fingerprint density at radius 1 is 1.08 bits per heavy atom. The van der Waals surface area contributed by atoms with Crippen molar-refractivity contribution >= 4 is 55.0 Å². The van der Waals surface area contributed by atoms with Crippen molar-refractivity contribution in [3.63, 3.8) is 0 Å². The minimum absolute atomic E-state index is 0.0188. The van der Waals surface area contributed by atoms with Crippen LogP contribution in [-0.2, 0) is 12.5 Å². The number of hydrogen-bond donors (Lipinski definition) is 0. The molecule has 0 radical (unpaired) electrons.